The number of ether oxygens (including phenoxy) is 1. The van der Waals surface area contributed by atoms with E-state index in [1.807, 2.05) is 11.8 Å². The summed E-state index contributed by atoms with van der Waals surface area (Å²) in [7, 11) is 0. The molecule has 7 heteroatoms. The van der Waals surface area contributed by atoms with Gasteiger partial charge in [0, 0.05) is 25.2 Å². The Kier molecular flexibility index (Phi) is 8.15. The summed E-state index contributed by atoms with van der Waals surface area (Å²) in [5.74, 6) is -0.800. The van der Waals surface area contributed by atoms with E-state index >= 15 is 0 Å². The van der Waals surface area contributed by atoms with E-state index in [0.717, 1.165) is 51.6 Å². The topological polar surface area (TPSA) is 90.9 Å². The lowest BCUT2D eigenvalue weighted by Crippen LogP contribution is -2.57. The van der Waals surface area contributed by atoms with Gasteiger partial charge in [-0.25, -0.2) is 4.79 Å². The molecule has 0 aliphatic heterocycles. The van der Waals surface area contributed by atoms with E-state index in [0.29, 0.717) is 13.1 Å². The minimum Gasteiger partial charge on any atom is -0.480 e. The summed E-state index contributed by atoms with van der Waals surface area (Å²) in [6, 6.07) is 0.237. The Balaban J connectivity index is 1.71. The predicted octanol–water partition coefficient (Wildman–Crippen LogP) is 2.35. The highest BCUT2D eigenvalue weighted by Gasteiger charge is 2.36. The lowest BCUT2D eigenvalue weighted by atomic mass is 9.84. The van der Waals surface area contributed by atoms with Crippen molar-refractivity contribution < 1.29 is 19.4 Å². The molecule has 3 N–H and O–H groups in total. The van der Waals surface area contributed by atoms with Gasteiger partial charge in [-0.15, -0.1) is 0 Å². The van der Waals surface area contributed by atoms with Crippen LogP contribution in [0.25, 0.3) is 0 Å². The Morgan fingerprint density at radius 3 is 2.46 bits per heavy atom. The Bertz CT molecular complexity index is 460. The molecule has 150 valence electrons. The van der Waals surface area contributed by atoms with Crippen LogP contribution in [0.1, 0.15) is 65.2 Å². The number of hydrogen-bond donors (Lipinski definition) is 3. The number of amides is 2. The lowest BCUT2D eigenvalue weighted by molar-refractivity contribution is -0.139. The van der Waals surface area contributed by atoms with Gasteiger partial charge < -0.3 is 20.5 Å². The zero-order valence-electron chi connectivity index (χ0n) is 16.3. The molecule has 2 aliphatic rings. The standard InChI is InChI=1S/C19H35N3O4/c1-3-10-26-19(8-6-5-7-9-19)14-20-18(25)21-15-11-16(12-15)22(4-2)13-17(23)24/h15-16H,3-14H2,1-2H3,(H,23,24)(H2,20,21,25). The molecule has 0 unspecified atom stereocenters. The summed E-state index contributed by atoms with van der Waals surface area (Å²) in [6.07, 6.45) is 8.21. The van der Waals surface area contributed by atoms with Gasteiger partial charge in [-0.05, 0) is 38.6 Å². The van der Waals surface area contributed by atoms with Gasteiger partial charge in [0.15, 0.2) is 0 Å². The fourth-order valence-electron chi connectivity index (χ4n) is 4.04. The first-order chi connectivity index (χ1) is 12.5. The van der Waals surface area contributed by atoms with Crippen LogP contribution in [0, 0.1) is 0 Å². The lowest BCUT2D eigenvalue weighted by Gasteiger charge is -2.42. The number of carboxylic acids is 1. The number of carbonyl (C=O) groups is 2. The summed E-state index contributed by atoms with van der Waals surface area (Å²) in [6.45, 7) is 6.16. The number of carboxylic acid groups (broad SMARTS) is 1. The van der Waals surface area contributed by atoms with Crippen LogP contribution in [0.3, 0.4) is 0 Å². The smallest absolute Gasteiger partial charge is 0.317 e. The highest BCUT2D eigenvalue weighted by molar-refractivity contribution is 5.74. The summed E-state index contributed by atoms with van der Waals surface area (Å²) in [4.78, 5) is 25.1. The SMILES string of the molecule is CCCOC1(CNC(=O)NC2CC(N(CC)CC(=O)O)C2)CCCCC1. The van der Waals surface area contributed by atoms with E-state index in [-0.39, 0.29) is 30.3 Å². The maximum Gasteiger partial charge on any atom is 0.317 e. The molecule has 0 aromatic carbocycles. The normalized spacial score (nSPS) is 24.7. The highest BCUT2D eigenvalue weighted by atomic mass is 16.5. The molecule has 26 heavy (non-hydrogen) atoms. The molecular weight excluding hydrogens is 334 g/mol. The molecule has 2 rings (SSSR count). The molecule has 2 aliphatic carbocycles. The Morgan fingerprint density at radius 1 is 1.19 bits per heavy atom. The molecule has 0 saturated heterocycles. The molecule has 0 spiro atoms. The molecule has 0 heterocycles. The van der Waals surface area contributed by atoms with E-state index in [1.165, 1.54) is 6.42 Å². The van der Waals surface area contributed by atoms with Crippen LogP contribution in [0.4, 0.5) is 4.79 Å². The molecular formula is C19H35N3O4. The maximum atomic E-state index is 12.2. The first-order valence-electron chi connectivity index (χ1n) is 10.1. The molecule has 0 radical (unpaired) electrons. The van der Waals surface area contributed by atoms with Crippen LogP contribution in [0.2, 0.25) is 0 Å². The van der Waals surface area contributed by atoms with Gasteiger partial charge in [-0.1, -0.05) is 33.1 Å². The van der Waals surface area contributed by atoms with Crippen LogP contribution in [0.15, 0.2) is 0 Å². The molecule has 7 nitrogen and oxygen atoms in total. The average Bonchev–Trinajstić information content (AvgIpc) is 2.60. The van der Waals surface area contributed by atoms with Gasteiger partial charge in [0.1, 0.15) is 0 Å². The summed E-state index contributed by atoms with van der Waals surface area (Å²) < 4.78 is 6.11. The first-order valence-corrected chi connectivity index (χ1v) is 10.1. The van der Waals surface area contributed by atoms with Crippen molar-refractivity contribution in [2.75, 3.05) is 26.2 Å². The third-order valence-electron chi connectivity index (χ3n) is 5.66. The Morgan fingerprint density at radius 2 is 1.88 bits per heavy atom. The minimum absolute atomic E-state index is 0.0668. The predicted molar refractivity (Wildman–Crippen MR) is 100 cm³/mol. The number of nitrogens with one attached hydrogen (secondary N) is 2. The number of urea groups is 1. The van der Waals surface area contributed by atoms with Crippen LogP contribution in [-0.4, -0.2) is 65.9 Å². The van der Waals surface area contributed by atoms with Gasteiger partial charge in [0.05, 0.1) is 12.1 Å². The third-order valence-corrected chi connectivity index (χ3v) is 5.66. The van der Waals surface area contributed by atoms with Crippen molar-refractivity contribution in [3.05, 3.63) is 0 Å². The van der Waals surface area contributed by atoms with Gasteiger partial charge in [0.2, 0.25) is 0 Å². The average molecular weight is 370 g/mol. The van der Waals surface area contributed by atoms with Gasteiger partial charge in [-0.2, -0.15) is 0 Å². The maximum absolute atomic E-state index is 12.2. The van der Waals surface area contributed by atoms with E-state index in [2.05, 4.69) is 17.6 Å². The van der Waals surface area contributed by atoms with Crippen LogP contribution < -0.4 is 10.6 Å². The van der Waals surface area contributed by atoms with E-state index in [4.69, 9.17) is 9.84 Å². The Labute approximate surface area is 156 Å². The third kappa shape index (κ3) is 6.13. The largest absolute Gasteiger partial charge is 0.480 e. The molecule has 0 aromatic heterocycles. The van der Waals surface area contributed by atoms with Crippen molar-refractivity contribution in [2.24, 2.45) is 0 Å². The van der Waals surface area contributed by atoms with Crippen molar-refractivity contribution in [1.82, 2.24) is 15.5 Å². The number of likely N-dealkylation sites (N-methyl/N-ethyl adjacent to an activating group) is 1. The molecule has 2 fully saturated rings. The second kappa shape index (κ2) is 10.1. The quantitative estimate of drug-likeness (QED) is 0.550. The summed E-state index contributed by atoms with van der Waals surface area (Å²) >= 11 is 0. The second-order valence-corrected chi connectivity index (χ2v) is 7.70. The number of hydrogen-bond acceptors (Lipinski definition) is 4. The van der Waals surface area contributed by atoms with Gasteiger partial charge in [-0.3, -0.25) is 9.69 Å². The van der Waals surface area contributed by atoms with Crippen molar-refractivity contribution >= 4 is 12.0 Å². The zero-order valence-corrected chi connectivity index (χ0v) is 16.3. The number of rotatable bonds is 10. The summed E-state index contributed by atoms with van der Waals surface area (Å²) in [5, 5.41) is 15.0. The number of nitrogens with zero attached hydrogens (tertiary/aromatic N) is 1. The van der Waals surface area contributed by atoms with Crippen LogP contribution in [-0.2, 0) is 9.53 Å². The Hall–Kier alpha value is -1.34. The van der Waals surface area contributed by atoms with Crippen molar-refractivity contribution in [1.29, 1.82) is 0 Å². The van der Waals surface area contributed by atoms with Crippen molar-refractivity contribution in [2.45, 2.75) is 82.9 Å². The van der Waals surface area contributed by atoms with Gasteiger partial charge >= 0.3 is 12.0 Å². The molecule has 0 bridgehead atoms. The number of carbonyl (C=O) groups excluding carboxylic acids is 1. The van der Waals surface area contributed by atoms with Gasteiger partial charge in [0.25, 0.3) is 0 Å². The fraction of sp³-hybridized carbons (Fsp3) is 0.895. The summed E-state index contributed by atoms with van der Waals surface area (Å²) in [5.41, 5.74) is -0.200. The van der Waals surface area contributed by atoms with E-state index in [9.17, 15) is 9.59 Å². The van der Waals surface area contributed by atoms with E-state index in [1.54, 1.807) is 0 Å². The van der Waals surface area contributed by atoms with Crippen LogP contribution in [0.5, 0.6) is 0 Å². The molecule has 2 saturated carbocycles. The van der Waals surface area contributed by atoms with E-state index < -0.39 is 5.97 Å². The molecule has 0 aromatic rings. The molecule has 2 amide bonds. The van der Waals surface area contributed by atoms with Crippen molar-refractivity contribution in [3.8, 4) is 0 Å². The minimum atomic E-state index is -0.800. The van der Waals surface area contributed by atoms with Crippen molar-refractivity contribution in [3.63, 3.8) is 0 Å². The number of aliphatic carboxylic acids is 1. The monoisotopic (exact) mass is 369 g/mol. The highest BCUT2D eigenvalue weighted by Crippen LogP contribution is 2.31. The first kappa shape index (κ1) is 21.0. The fourth-order valence-corrected chi connectivity index (χ4v) is 4.04. The van der Waals surface area contributed by atoms with Crippen LogP contribution >= 0.6 is 0 Å². The zero-order chi connectivity index (χ0) is 19.0. The second-order valence-electron chi connectivity index (χ2n) is 7.70. The molecule has 0 atom stereocenters.